The fourth-order valence-electron chi connectivity index (χ4n) is 3.18. The maximum atomic E-state index is 12.4. The molecule has 1 aliphatic heterocycles. The van der Waals surface area contributed by atoms with E-state index in [-0.39, 0.29) is 23.6 Å². The van der Waals surface area contributed by atoms with Gasteiger partial charge >= 0.3 is 0 Å². The van der Waals surface area contributed by atoms with Crippen molar-refractivity contribution in [3.05, 3.63) is 53.3 Å². The van der Waals surface area contributed by atoms with Crippen LogP contribution in [0.2, 0.25) is 0 Å². The lowest BCUT2D eigenvalue weighted by Gasteiger charge is -2.30. The Morgan fingerprint density at radius 3 is 2.45 bits per heavy atom. The molecular weight excluding hydrogens is 372 g/mol. The maximum absolute atomic E-state index is 12.4. The molecule has 2 aromatic rings. The van der Waals surface area contributed by atoms with E-state index in [4.69, 9.17) is 4.52 Å². The van der Waals surface area contributed by atoms with Crippen LogP contribution in [-0.2, 0) is 9.59 Å². The summed E-state index contributed by atoms with van der Waals surface area (Å²) in [5.74, 6) is 0.551. The van der Waals surface area contributed by atoms with Crippen LogP contribution in [0.5, 0.6) is 0 Å². The largest absolute Gasteiger partial charge is 0.360 e. The summed E-state index contributed by atoms with van der Waals surface area (Å²) in [5.41, 5.74) is 1.40. The molecule has 1 aliphatic rings. The molecule has 0 atom stereocenters. The zero-order valence-electron chi connectivity index (χ0n) is 16.5. The molecule has 29 heavy (non-hydrogen) atoms. The molecule has 152 valence electrons. The molecule has 2 N–H and O–H groups in total. The highest BCUT2D eigenvalue weighted by molar-refractivity contribution is 5.95. The van der Waals surface area contributed by atoms with Crippen LogP contribution in [0, 0.1) is 12.8 Å². The standard InChI is InChI=1S/C21H24N4O4/c1-14-13-18(24-29-14)23-21(28)17-9-11-25(12-10-17)19(26)8-5-15-3-6-16(7-4-15)20(27)22-2/h3-8,13,17H,9-12H2,1-2H3,(H,22,27)(H,23,24,28)/b8-5+. The SMILES string of the molecule is CNC(=O)c1ccc(/C=C/C(=O)N2CCC(C(=O)Nc3cc(C)on3)CC2)cc1. The minimum atomic E-state index is -0.155. The van der Waals surface area contributed by atoms with Crippen molar-refractivity contribution in [1.29, 1.82) is 0 Å². The summed E-state index contributed by atoms with van der Waals surface area (Å²) in [5, 5.41) is 9.08. The van der Waals surface area contributed by atoms with Crippen LogP contribution in [0.3, 0.4) is 0 Å². The van der Waals surface area contributed by atoms with Gasteiger partial charge in [-0.3, -0.25) is 14.4 Å². The van der Waals surface area contributed by atoms with Gasteiger partial charge in [-0.05, 0) is 43.5 Å². The number of carbonyl (C=O) groups is 3. The Bertz CT molecular complexity index is 909. The normalized spacial score (nSPS) is 14.8. The third kappa shape index (κ3) is 5.31. The van der Waals surface area contributed by atoms with E-state index in [0.717, 1.165) is 5.56 Å². The Morgan fingerprint density at radius 2 is 1.86 bits per heavy atom. The Kier molecular flexibility index (Phi) is 6.43. The van der Waals surface area contributed by atoms with E-state index in [9.17, 15) is 14.4 Å². The number of anilines is 1. The van der Waals surface area contributed by atoms with Gasteiger partial charge in [0, 0.05) is 43.8 Å². The Morgan fingerprint density at radius 1 is 1.17 bits per heavy atom. The summed E-state index contributed by atoms with van der Waals surface area (Å²) in [6.07, 6.45) is 4.45. The fraction of sp³-hybridized carbons (Fsp3) is 0.333. The molecule has 1 aromatic carbocycles. The summed E-state index contributed by atoms with van der Waals surface area (Å²) in [6, 6.07) is 8.67. The first-order valence-corrected chi connectivity index (χ1v) is 9.49. The second-order valence-corrected chi connectivity index (χ2v) is 6.95. The van der Waals surface area contributed by atoms with Crippen molar-refractivity contribution in [3.63, 3.8) is 0 Å². The molecule has 1 saturated heterocycles. The fourth-order valence-corrected chi connectivity index (χ4v) is 3.18. The van der Waals surface area contributed by atoms with Crippen molar-refractivity contribution in [1.82, 2.24) is 15.4 Å². The average Bonchev–Trinajstić information content (AvgIpc) is 3.16. The van der Waals surface area contributed by atoms with Crippen molar-refractivity contribution < 1.29 is 18.9 Å². The topological polar surface area (TPSA) is 105 Å². The lowest BCUT2D eigenvalue weighted by molar-refractivity contribution is -0.130. The summed E-state index contributed by atoms with van der Waals surface area (Å²) in [4.78, 5) is 38.0. The number of aromatic nitrogens is 1. The zero-order chi connectivity index (χ0) is 20.8. The second kappa shape index (κ2) is 9.18. The van der Waals surface area contributed by atoms with Crippen LogP contribution in [0.1, 0.15) is 34.5 Å². The maximum Gasteiger partial charge on any atom is 0.251 e. The van der Waals surface area contributed by atoms with Gasteiger partial charge in [-0.15, -0.1) is 0 Å². The third-order valence-electron chi connectivity index (χ3n) is 4.87. The minimum absolute atomic E-state index is 0.0913. The summed E-state index contributed by atoms with van der Waals surface area (Å²) >= 11 is 0. The van der Waals surface area contributed by atoms with E-state index in [0.29, 0.717) is 43.1 Å². The number of piperidine rings is 1. The highest BCUT2D eigenvalue weighted by Gasteiger charge is 2.27. The number of nitrogens with one attached hydrogen (secondary N) is 2. The number of amides is 3. The second-order valence-electron chi connectivity index (χ2n) is 6.95. The number of hydrogen-bond donors (Lipinski definition) is 2. The Balaban J connectivity index is 1.48. The predicted molar refractivity (Wildman–Crippen MR) is 108 cm³/mol. The van der Waals surface area contributed by atoms with Crippen LogP contribution in [-0.4, -0.2) is 47.9 Å². The van der Waals surface area contributed by atoms with Crippen LogP contribution in [0.25, 0.3) is 6.08 Å². The van der Waals surface area contributed by atoms with Gasteiger partial charge in [0.25, 0.3) is 5.91 Å². The highest BCUT2D eigenvalue weighted by Crippen LogP contribution is 2.20. The lowest BCUT2D eigenvalue weighted by atomic mass is 9.96. The van der Waals surface area contributed by atoms with Crippen molar-refractivity contribution in [2.75, 3.05) is 25.5 Å². The summed E-state index contributed by atoms with van der Waals surface area (Å²) in [6.45, 7) is 2.81. The van der Waals surface area contributed by atoms with E-state index in [1.165, 1.54) is 6.08 Å². The predicted octanol–water partition coefficient (Wildman–Crippen LogP) is 2.23. The molecule has 0 aliphatic carbocycles. The van der Waals surface area contributed by atoms with Gasteiger partial charge in [-0.2, -0.15) is 0 Å². The molecule has 8 nitrogen and oxygen atoms in total. The first-order chi connectivity index (χ1) is 14.0. The molecule has 2 heterocycles. The van der Waals surface area contributed by atoms with Gasteiger partial charge in [0.15, 0.2) is 5.82 Å². The number of carbonyl (C=O) groups excluding carboxylic acids is 3. The quantitative estimate of drug-likeness (QED) is 0.754. The molecule has 8 heteroatoms. The zero-order valence-corrected chi connectivity index (χ0v) is 16.5. The average molecular weight is 396 g/mol. The van der Waals surface area contributed by atoms with Gasteiger partial charge in [-0.1, -0.05) is 17.3 Å². The van der Waals surface area contributed by atoms with Gasteiger partial charge in [-0.25, -0.2) is 0 Å². The van der Waals surface area contributed by atoms with Gasteiger partial charge in [0.1, 0.15) is 5.76 Å². The summed E-state index contributed by atoms with van der Waals surface area (Å²) in [7, 11) is 1.58. The van der Waals surface area contributed by atoms with Crippen LogP contribution < -0.4 is 10.6 Å². The smallest absolute Gasteiger partial charge is 0.251 e. The molecule has 1 aromatic heterocycles. The van der Waals surface area contributed by atoms with E-state index in [1.807, 2.05) is 0 Å². The van der Waals surface area contributed by atoms with Gasteiger partial charge < -0.3 is 20.1 Å². The molecule has 0 bridgehead atoms. The van der Waals surface area contributed by atoms with E-state index < -0.39 is 0 Å². The number of aryl methyl sites for hydroxylation is 1. The number of likely N-dealkylation sites (tertiary alicyclic amines) is 1. The molecule has 0 spiro atoms. The van der Waals surface area contributed by atoms with Crippen molar-refractivity contribution in [3.8, 4) is 0 Å². The Labute approximate surface area is 168 Å². The molecule has 0 saturated carbocycles. The van der Waals surface area contributed by atoms with Crippen molar-refractivity contribution in [2.24, 2.45) is 5.92 Å². The van der Waals surface area contributed by atoms with Crippen molar-refractivity contribution >= 4 is 29.6 Å². The van der Waals surface area contributed by atoms with E-state index in [2.05, 4.69) is 15.8 Å². The number of nitrogens with zero attached hydrogens (tertiary/aromatic N) is 2. The van der Waals surface area contributed by atoms with Gasteiger partial charge in [0.2, 0.25) is 11.8 Å². The first-order valence-electron chi connectivity index (χ1n) is 9.49. The summed E-state index contributed by atoms with van der Waals surface area (Å²) < 4.78 is 4.94. The highest BCUT2D eigenvalue weighted by atomic mass is 16.5. The minimum Gasteiger partial charge on any atom is -0.360 e. The first kappa shape index (κ1) is 20.3. The monoisotopic (exact) mass is 396 g/mol. The third-order valence-corrected chi connectivity index (χ3v) is 4.87. The lowest BCUT2D eigenvalue weighted by Crippen LogP contribution is -2.40. The van der Waals surface area contributed by atoms with E-state index in [1.54, 1.807) is 55.3 Å². The number of rotatable bonds is 5. The van der Waals surface area contributed by atoms with Crippen LogP contribution in [0.15, 0.2) is 40.9 Å². The number of hydrogen-bond acceptors (Lipinski definition) is 5. The number of benzene rings is 1. The molecule has 1 fully saturated rings. The molecular formula is C21H24N4O4. The van der Waals surface area contributed by atoms with Gasteiger partial charge in [0.05, 0.1) is 0 Å². The molecule has 0 radical (unpaired) electrons. The van der Waals surface area contributed by atoms with E-state index >= 15 is 0 Å². The molecule has 3 rings (SSSR count). The molecule has 0 unspecified atom stereocenters. The van der Waals surface area contributed by atoms with Crippen molar-refractivity contribution in [2.45, 2.75) is 19.8 Å². The van der Waals surface area contributed by atoms with Crippen LogP contribution in [0.4, 0.5) is 5.82 Å². The van der Waals surface area contributed by atoms with Crippen LogP contribution >= 0.6 is 0 Å². The molecule has 3 amide bonds. The Hall–Kier alpha value is -3.42.